The monoisotopic (exact) mass is 286 g/mol. The normalized spacial score (nSPS) is 13.6. The number of rotatable bonds is 1. The number of hydrogen-bond acceptors (Lipinski definition) is 1. The van der Waals surface area contributed by atoms with Crippen molar-refractivity contribution in [1.29, 1.82) is 0 Å². The molecule has 2 aromatic carbocycles. The van der Waals surface area contributed by atoms with E-state index in [2.05, 4.69) is 40.2 Å². The predicted octanol–water partition coefficient (Wildman–Crippen LogP) is 4.43. The molecule has 0 radical (unpaired) electrons. The zero-order chi connectivity index (χ0) is 11.7. The highest BCUT2D eigenvalue weighted by Gasteiger charge is 2.13. The van der Waals surface area contributed by atoms with Crippen LogP contribution in [0.1, 0.15) is 11.1 Å². The van der Waals surface area contributed by atoms with Crippen molar-refractivity contribution in [3.05, 3.63) is 70.2 Å². The van der Waals surface area contributed by atoms with E-state index in [0.717, 1.165) is 28.0 Å². The minimum absolute atomic E-state index is 0.923. The molecule has 0 fully saturated rings. The zero-order valence-electron chi connectivity index (χ0n) is 9.19. The Morgan fingerprint density at radius 2 is 1.82 bits per heavy atom. The van der Waals surface area contributed by atoms with E-state index in [9.17, 15) is 0 Å². The molecule has 1 aliphatic rings. The molecule has 17 heavy (non-hydrogen) atoms. The minimum atomic E-state index is 0.923. The molecule has 0 saturated heterocycles. The van der Waals surface area contributed by atoms with Gasteiger partial charge in [0.2, 0.25) is 0 Å². The van der Waals surface area contributed by atoms with Crippen molar-refractivity contribution in [3.63, 3.8) is 0 Å². The molecule has 1 aliphatic heterocycles. The first-order valence-electron chi connectivity index (χ1n) is 5.55. The molecule has 0 unspecified atom stereocenters. The van der Waals surface area contributed by atoms with Gasteiger partial charge in [0.15, 0.2) is 0 Å². The molecule has 0 saturated carbocycles. The molecule has 3 rings (SSSR count). The molecule has 1 nitrogen and oxygen atoms in total. The van der Waals surface area contributed by atoms with Gasteiger partial charge in [0.1, 0.15) is 11.5 Å². The van der Waals surface area contributed by atoms with E-state index in [4.69, 9.17) is 4.74 Å². The van der Waals surface area contributed by atoms with Crippen LogP contribution in [0, 0.1) is 0 Å². The smallest absolute Gasteiger partial charge is 0.132 e. The summed E-state index contributed by atoms with van der Waals surface area (Å²) in [6.07, 6.45) is 3.05. The van der Waals surface area contributed by atoms with Gasteiger partial charge in [-0.3, -0.25) is 0 Å². The first kappa shape index (κ1) is 10.6. The second-order valence-electron chi connectivity index (χ2n) is 3.99. The lowest BCUT2D eigenvalue weighted by Crippen LogP contribution is -2.03. The third-order valence-corrected chi connectivity index (χ3v) is 3.31. The maximum absolute atomic E-state index is 5.93. The average molecular weight is 287 g/mol. The van der Waals surface area contributed by atoms with Gasteiger partial charge in [0, 0.05) is 10.0 Å². The van der Waals surface area contributed by atoms with Crippen LogP contribution in [0.2, 0.25) is 0 Å². The molecule has 0 atom stereocenters. The van der Waals surface area contributed by atoms with Gasteiger partial charge in [-0.2, -0.15) is 0 Å². The Labute approximate surface area is 109 Å². The van der Waals surface area contributed by atoms with Gasteiger partial charge in [0.25, 0.3) is 0 Å². The lowest BCUT2D eigenvalue weighted by Gasteiger charge is -2.18. The molecule has 0 aliphatic carbocycles. The number of fused-ring (bicyclic) bond motifs is 1. The van der Waals surface area contributed by atoms with Gasteiger partial charge < -0.3 is 4.74 Å². The molecule has 1 heterocycles. The maximum atomic E-state index is 5.93. The van der Waals surface area contributed by atoms with Crippen LogP contribution < -0.4 is 4.74 Å². The largest absolute Gasteiger partial charge is 0.457 e. The maximum Gasteiger partial charge on any atom is 0.132 e. The van der Waals surface area contributed by atoms with Crippen LogP contribution in [0.15, 0.2) is 59.1 Å². The molecule has 2 aromatic rings. The van der Waals surface area contributed by atoms with Crippen LogP contribution >= 0.6 is 15.9 Å². The number of halogens is 1. The lowest BCUT2D eigenvalue weighted by molar-refractivity contribution is 0.498. The Morgan fingerprint density at radius 1 is 1.00 bits per heavy atom. The van der Waals surface area contributed by atoms with Gasteiger partial charge in [-0.25, -0.2) is 0 Å². The molecule has 2 heteroatoms. The van der Waals surface area contributed by atoms with Crippen LogP contribution in [-0.2, 0) is 6.42 Å². The minimum Gasteiger partial charge on any atom is -0.457 e. The first-order valence-corrected chi connectivity index (χ1v) is 6.34. The van der Waals surface area contributed by atoms with Gasteiger partial charge in [-0.1, -0.05) is 52.3 Å². The first-order chi connectivity index (χ1) is 8.33. The highest BCUT2D eigenvalue weighted by atomic mass is 79.9. The molecule has 84 valence electrons. The van der Waals surface area contributed by atoms with E-state index in [1.54, 1.807) is 0 Å². The van der Waals surface area contributed by atoms with E-state index in [1.807, 2.05) is 30.3 Å². The molecule has 0 amide bonds. The molecular weight excluding hydrogens is 276 g/mol. The quantitative estimate of drug-likeness (QED) is 0.754. The van der Waals surface area contributed by atoms with Gasteiger partial charge >= 0.3 is 0 Å². The second kappa shape index (κ2) is 4.38. The van der Waals surface area contributed by atoms with Crippen LogP contribution in [0.4, 0.5) is 0 Å². The summed E-state index contributed by atoms with van der Waals surface area (Å²) in [5.41, 5.74) is 2.35. The summed E-state index contributed by atoms with van der Waals surface area (Å²) < 4.78 is 6.98. The van der Waals surface area contributed by atoms with Crippen LogP contribution in [0.5, 0.6) is 5.75 Å². The fourth-order valence-electron chi connectivity index (χ4n) is 1.93. The number of benzene rings is 2. The lowest BCUT2D eigenvalue weighted by atomic mass is 10.1. The van der Waals surface area contributed by atoms with E-state index in [0.29, 0.717) is 0 Å². The van der Waals surface area contributed by atoms with Gasteiger partial charge in [-0.15, -0.1) is 0 Å². The van der Waals surface area contributed by atoms with Crippen molar-refractivity contribution in [2.75, 3.05) is 0 Å². The van der Waals surface area contributed by atoms with Crippen molar-refractivity contribution in [2.24, 2.45) is 0 Å². The molecular formula is C15H11BrO. The number of allylic oxidation sites excluding steroid dienone is 1. The van der Waals surface area contributed by atoms with Gasteiger partial charge in [-0.05, 0) is 30.2 Å². The van der Waals surface area contributed by atoms with E-state index >= 15 is 0 Å². The third-order valence-electron chi connectivity index (χ3n) is 2.81. The number of ether oxygens (including phenoxy) is 1. The summed E-state index contributed by atoms with van der Waals surface area (Å²) in [5, 5.41) is 0. The highest BCUT2D eigenvalue weighted by molar-refractivity contribution is 9.10. The second-order valence-corrected chi connectivity index (χ2v) is 4.91. The van der Waals surface area contributed by atoms with Gasteiger partial charge in [0.05, 0.1) is 0 Å². The van der Waals surface area contributed by atoms with Crippen LogP contribution in [-0.4, -0.2) is 0 Å². The molecule has 0 N–H and O–H groups in total. The summed E-state index contributed by atoms with van der Waals surface area (Å²) in [7, 11) is 0. The predicted molar refractivity (Wildman–Crippen MR) is 72.9 cm³/mol. The summed E-state index contributed by atoms with van der Waals surface area (Å²) in [4.78, 5) is 0. The number of hydrogen-bond donors (Lipinski definition) is 0. The Morgan fingerprint density at radius 3 is 2.65 bits per heavy atom. The topological polar surface area (TPSA) is 9.23 Å². The fraction of sp³-hybridized carbons (Fsp3) is 0.0667. The Bertz CT molecular complexity index is 573. The van der Waals surface area contributed by atoms with Crippen LogP contribution in [0.25, 0.3) is 5.76 Å². The summed E-state index contributed by atoms with van der Waals surface area (Å²) in [6.45, 7) is 0. The Balaban J connectivity index is 1.96. The van der Waals surface area contributed by atoms with Crippen molar-refractivity contribution >= 4 is 21.7 Å². The van der Waals surface area contributed by atoms with Crippen LogP contribution in [0.3, 0.4) is 0 Å². The molecule has 0 spiro atoms. The SMILES string of the molecule is Brc1ccc2c(c1)OC(c1ccccc1)=CC2. The zero-order valence-corrected chi connectivity index (χ0v) is 10.8. The standard InChI is InChI=1S/C15H11BrO/c16-13-8-6-12-7-9-14(17-15(12)10-13)11-4-2-1-3-5-11/h1-6,8-10H,7H2. The van der Waals surface area contributed by atoms with E-state index < -0.39 is 0 Å². The van der Waals surface area contributed by atoms with E-state index in [1.165, 1.54) is 5.56 Å². The third kappa shape index (κ3) is 2.13. The van der Waals surface area contributed by atoms with Crippen molar-refractivity contribution < 1.29 is 4.74 Å². The summed E-state index contributed by atoms with van der Waals surface area (Å²) in [6, 6.07) is 16.3. The Hall–Kier alpha value is -1.54. The average Bonchev–Trinajstić information content (AvgIpc) is 2.39. The molecule has 0 aromatic heterocycles. The van der Waals surface area contributed by atoms with Crippen molar-refractivity contribution in [3.8, 4) is 5.75 Å². The van der Waals surface area contributed by atoms with E-state index in [-0.39, 0.29) is 0 Å². The van der Waals surface area contributed by atoms with Crippen molar-refractivity contribution in [1.82, 2.24) is 0 Å². The fourth-order valence-corrected chi connectivity index (χ4v) is 2.27. The highest BCUT2D eigenvalue weighted by Crippen LogP contribution is 2.32. The molecule has 0 bridgehead atoms. The van der Waals surface area contributed by atoms with Crippen molar-refractivity contribution in [2.45, 2.75) is 6.42 Å². The summed E-state index contributed by atoms with van der Waals surface area (Å²) in [5.74, 6) is 1.89. The summed E-state index contributed by atoms with van der Waals surface area (Å²) >= 11 is 3.47. The Kier molecular flexibility index (Phi) is 2.73.